The van der Waals surface area contributed by atoms with Crippen LogP contribution in [0, 0.1) is 0 Å². The van der Waals surface area contributed by atoms with Crippen molar-refractivity contribution in [2.75, 3.05) is 33.0 Å². The van der Waals surface area contributed by atoms with E-state index in [9.17, 15) is 0 Å². The van der Waals surface area contributed by atoms with Crippen LogP contribution in [0.5, 0.6) is 0 Å². The fourth-order valence-corrected chi connectivity index (χ4v) is 1.76. The Morgan fingerprint density at radius 1 is 0.750 bits per heavy atom. The zero-order valence-corrected chi connectivity index (χ0v) is 14.2. The molecular weight excluding hydrogens is 260 g/mol. The zero-order valence-electron chi connectivity index (χ0n) is 14.2. The van der Waals surface area contributed by atoms with Gasteiger partial charge in [0, 0.05) is 0 Å². The third kappa shape index (κ3) is 9.66. The second-order valence-corrected chi connectivity index (χ2v) is 5.35. The highest BCUT2D eigenvalue weighted by Gasteiger charge is 2.24. The molecule has 2 saturated heterocycles. The van der Waals surface area contributed by atoms with E-state index in [1.807, 2.05) is 48.5 Å². The summed E-state index contributed by atoms with van der Waals surface area (Å²) in [6.45, 7) is 17.1. The molecule has 0 aliphatic carbocycles. The molecule has 0 radical (unpaired) electrons. The molecule has 0 aromatic carbocycles. The molecule has 5 heteroatoms. The van der Waals surface area contributed by atoms with E-state index >= 15 is 0 Å². The van der Waals surface area contributed by atoms with Crippen LogP contribution in [0.3, 0.4) is 0 Å². The maximum absolute atomic E-state index is 5.53. The van der Waals surface area contributed by atoms with Crippen molar-refractivity contribution in [2.45, 2.75) is 66.1 Å². The quantitative estimate of drug-likeness (QED) is 0.687. The van der Waals surface area contributed by atoms with E-state index in [1.54, 1.807) is 0 Å². The Kier molecular flexibility index (Phi) is 9.59. The molecule has 0 aromatic heterocycles. The van der Waals surface area contributed by atoms with Gasteiger partial charge in [-0.05, 0) is 34.6 Å². The Bertz CT molecular complexity index is 232. The molecule has 0 bridgehead atoms. The molecule has 5 nitrogen and oxygen atoms in total. The van der Waals surface area contributed by atoms with E-state index in [4.69, 9.17) is 23.7 Å². The fraction of sp³-hybridized carbons (Fsp3) is 1.00. The van der Waals surface area contributed by atoms with Crippen LogP contribution in [0.4, 0.5) is 0 Å². The minimum Gasteiger partial charge on any atom is -0.376 e. The van der Waals surface area contributed by atoms with E-state index in [0.717, 1.165) is 13.2 Å². The highest BCUT2D eigenvalue weighted by atomic mass is 16.7. The molecule has 2 fully saturated rings. The first-order valence-electron chi connectivity index (χ1n) is 7.48. The van der Waals surface area contributed by atoms with Crippen LogP contribution in [0.15, 0.2) is 0 Å². The smallest absolute Gasteiger partial charge is 0.163 e. The largest absolute Gasteiger partial charge is 0.376 e. The second kappa shape index (κ2) is 9.68. The van der Waals surface area contributed by atoms with Gasteiger partial charge in [0.15, 0.2) is 11.6 Å². The highest BCUT2D eigenvalue weighted by Crippen LogP contribution is 2.16. The Balaban J connectivity index is 0.000000345. The van der Waals surface area contributed by atoms with Crippen molar-refractivity contribution in [3.8, 4) is 0 Å². The third-order valence-electron chi connectivity index (χ3n) is 2.50. The lowest BCUT2D eigenvalue weighted by atomic mass is 10.3. The summed E-state index contributed by atoms with van der Waals surface area (Å²) >= 11 is 0. The first kappa shape index (κ1) is 19.8. The van der Waals surface area contributed by atoms with Gasteiger partial charge < -0.3 is 23.7 Å². The van der Waals surface area contributed by atoms with Crippen molar-refractivity contribution in [3.63, 3.8) is 0 Å². The molecule has 2 rings (SSSR count). The summed E-state index contributed by atoms with van der Waals surface area (Å²) in [5.74, 6) is -0.761. The van der Waals surface area contributed by atoms with E-state index in [1.165, 1.54) is 0 Å². The highest BCUT2D eigenvalue weighted by molar-refractivity contribution is 4.60. The molecule has 2 aliphatic rings. The lowest BCUT2D eigenvalue weighted by Crippen LogP contribution is -2.37. The van der Waals surface area contributed by atoms with Crippen LogP contribution >= 0.6 is 0 Å². The Morgan fingerprint density at radius 3 is 1.65 bits per heavy atom. The molecule has 1 unspecified atom stereocenters. The predicted octanol–water partition coefficient (Wildman–Crippen LogP) is 2.97. The van der Waals surface area contributed by atoms with Gasteiger partial charge in [0.05, 0.1) is 39.1 Å². The summed E-state index contributed by atoms with van der Waals surface area (Å²) in [7, 11) is 0. The van der Waals surface area contributed by atoms with Gasteiger partial charge >= 0.3 is 0 Å². The normalized spacial score (nSPS) is 28.1. The van der Waals surface area contributed by atoms with Crippen molar-refractivity contribution < 1.29 is 23.7 Å². The van der Waals surface area contributed by atoms with Crippen LogP contribution in [-0.4, -0.2) is 50.7 Å². The lowest BCUT2D eigenvalue weighted by molar-refractivity contribution is -0.260. The molecule has 0 N–H and O–H groups in total. The molecule has 2 heterocycles. The zero-order chi connectivity index (χ0) is 15.6. The van der Waals surface area contributed by atoms with Crippen LogP contribution in [-0.2, 0) is 23.7 Å². The molecular formula is C15H32O5. The molecule has 20 heavy (non-hydrogen) atoms. The van der Waals surface area contributed by atoms with Crippen molar-refractivity contribution >= 4 is 0 Å². The molecule has 122 valence electrons. The van der Waals surface area contributed by atoms with E-state index in [0.29, 0.717) is 19.8 Å². The van der Waals surface area contributed by atoms with E-state index < -0.39 is 5.79 Å². The first-order valence-corrected chi connectivity index (χ1v) is 7.48. The number of ether oxygens (including phenoxy) is 5. The van der Waals surface area contributed by atoms with Gasteiger partial charge in [-0.15, -0.1) is 0 Å². The fourth-order valence-electron chi connectivity index (χ4n) is 1.76. The minimum atomic E-state index is -0.455. The van der Waals surface area contributed by atoms with Crippen LogP contribution in [0.2, 0.25) is 0 Å². The van der Waals surface area contributed by atoms with E-state index in [2.05, 4.69) is 0 Å². The molecule has 1 atom stereocenters. The molecule has 0 spiro atoms. The van der Waals surface area contributed by atoms with Crippen molar-refractivity contribution in [1.82, 2.24) is 0 Å². The topological polar surface area (TPSA) is 46.2 Å². The van der Waals surface area contributed by atoms with Crippen molar-refractivity contribution in [3.05, 3.63) is 0 Å². The second-order valence-electron chi connectivity index (χ2n) is 5.35. The van der Waals surface area contributed by atoms with Crippen LogP contribution < -0.4 is 0 Å². The Labute approximate surface area is 123 Å². The average molecular weight is 292 g/mol. The number of hydrogen-bond acceptors (Lipinski definition) is 5. The minimum absolute atomic E-state index is 0.116. The molecule has 2 aliphatic heterocycles. The van der Waals surface area contributed by atoms with Crippen LogP contribution in [0.1, 0.15) is 48.5 Å². The SMILES string of the molecule is CC.CC1(C)OCCO1.CC1COCCOC(C)(C)O1. The summed E-state index contributed by atoms with van der Waals surface area (Å²) < 4.78 is 26.4. The van der Waals surface area contributed by atoms with Gasteiger partial charge in [-0.1, -0.05) is 13.8 Å². The molecule has 0 saturated carbocycles. The molecule has 0 aromatic rings. The first-order chi connectivity index (χ1) is 9.31. The monoisotopic (exact) mass is 292 g/mol. The summed E-state index contributed by atoms with van der Waals surface area (Å²) in [4.78, 5) is 0. The van der Waals surface area contributed by atoms with Gasteiger partial charge in [0.25, 0.3) is 0 Å². The van der Waals surface area contributed by atoms with Gasteiger partial charge in [0.1, 0.15) is 0 Å². The summed E-state index contributed by atoms with van der Waals surface area (Å²) in [6, 6.07) is 0. The number of hydrogen-bond donors (Lipinski definition) is 0. The van der Waals surface area contributed by atoms with Crippen molar-refractivity contribution in [2.24, 2.45) is 0 Å². The Morgan fingerprint density at radius 2 is 1.20 bits per heavy atom. The predicted molar refractivity (Wildman–Crippen MR) is 78.7 cm³/mol. The third-order valence-corrected chi connectivity index (χ3v) is 2.50. The maximum Gasteiger partial charge on any atom is 0.163 e. The van der Waals surface area contributed by atoms with Gasteiger partial charge in [-0.2, -0.15) is 0 Å². The Hall–Kier alpha value is -0.200. The summed E-state index contributed by atoms with van der Waals surface area (Å²) in [5.41, 5.74) is 0. The standard InChI is InChI=1S/C8H16O3.C5H10O2.C2H6/c1-7-6-9-4-5-10-8(2,3)11-7;1-5(2)6-3-4-7-5;1-2/h7H,4-6H2,1-3H3;3-4H2,1-2H3;1-2H3. The summed E-state index contributed by atoms with van der Waals surface area (Å²) in [5, 5.41) is 0. The van der Waals surface area contributed by atoms with Crippen LogP contribution in [0.25, 0.3) is 0 Å². The van der Waals surface area contributed by atoms with Crippen molar-refractivity contribution in [1.29, 1.82) is 0 Å². The van der Waals surface area contributed by atoms with E-state index in [-0.39, 0.29) is 11.9 Å². The maximum atomic E-state index is 5.53. The van der Waals surface area contributed by atoms with Gasteiger partial charge in [-0.3, -0.25) is 0 Å². The lowest BCUT2D eigenvalue weighted by Gasteiger charge is -2.31. The van der Waals surface area contributed by atoms with Gasteiger partial charge in [0.2, 0.25) is 0 Å². The summed E-state index contributed by atoms with van der Waals surface area (Å²) in [6.07, 6.45) is 0.116. The molecule has 0 amide bonds. The number of rotatable bonds is 0. The average Bonchev–Trinajstić information content (AvgIpc) is 2.74. The van der Waals surface area contributed by atoms with Gasteiger partial charge in [-0.25, -0.2) is 0 Å².